The summed E-state index contributed by atoms with van der Waals surface area (Å²) in [7, 11) is 0. The second-order valence-electron chi connectivity index (χ2n) is 5.65. The molecule has 0 amide bonds. The van der Waals surface area contributed by atoms with Gasteiger partial charge in [0.25, 0.3) is 0 Å². The normalized spacial score (nSPS) is 24.6. The van der Waals surface area contributed by atoms with Gasteiger partial charge in [0.15, 0.2) is 0 Å². The summed E-state index contributed by atoms with van der Waals surface area (Å²) >= 11 is 0. The number of nitrogens with two attached hydrogens (primary N) is 1. The Bertz CT molecular complexity index is 562. The number of benzene rings is 1. The number of aryl methyl sites for hydroxylation is 2. The predicted molar refractivity (Wildman–Crippen MR) is 74.7 cm³/mol. The summed E-state index contributed by atoms with van der Waals surface area (Å²) in [4.78, 5) is 4.55. The average Bonchev–Trinajstić information content (AvgIpc) is 2.74. The summed E-state index contributed by atoms with van der Waals surface area (Å²) in [6, 6.07) is 5.44. The van der Waals surface area contributed by atoms with Crippen molar-refractivity contribution in [2.75, 3.05) is 0 Å². The van der Waals surface area contributed by atoms with Gasteiger partial charge in [-0.15, -0.1) is 0 Å². The van der Waals surface area contributed by atoms with Crippen LogP contribution in [-0.4, -0.2) is 15.6 Å². The molecule has 1 fully saturated rings. The Labute approximate surface area is 108 Å². The number of fused-ring (bicyclic) bond motifs is 1. The van der Waals surface area contributed by atoms with E-state index in [1.54, 1.807) is 0 Å². The van der Waals surface area contributed by atoms with Crippen LogP contribution >= 0.6 is 0 Å². The first kappa shape index (κ1) is 11.7. The van der Waals surface area contributed by atoms with E-state index in [-0.39, 0.29) is 0 Å². The van der Waals surface area contributed by atoms with E-state index in [1.165, 1.54) is 29.5 Å². The fourth-order valence-electron chi connectivity index (χ4n) is 2.95. The number of imidazole rings is 1. The Kier molecular flexibility index (Phi) is 2.86. The lowest BCUT2D eigenvalue weighted by Crippen LogP contribution is -2.27. The van der Waals surface area contributed by atoms with Crippen LogP contribution in [0.1, 0.15) is 42.9 Å². The van der Waals surface area contributed by atoms with Gasteiger partial charge in [0.2, 0.25) is 0 Å². The van der Waals surface area contributed by atoms with Crippen LogP contribution in [0.15, 0.2) is 18.5 Å². The molecule has 1 aliphatic carbocycles. The molecule has 2 aromatic rings. The van der Waals surface area contributed by atoms with E-state index in [0.717, 1.165) is 18.4 Å². The van der Waals surface area contributed by atoms with Crippen molar-refractivity contribution >= 4 is 11.0 Å². The summed E-state index contributed by atoms with van der Waals surface area (Å²) in [5.74, 6) is 0. The van der Waals surface area contributed by atoms with Crippen LogP contribution in [0.2, 0.25) is 0 Å². The SMILES string of the molecule is Cc1cc2ncn(C3CCC(N)CC3)c2cc1C. The topological polar surface area (TPSA) is 43.8 Å². The van der Waals surface area contributed by atoms with Crippen molar-refractivity contribution in [3.8, 4) is 0 Å². The molecule has 0 saturated heterocycles. The van der Waals surface area contributed by atoms with Crippen molar-refractivity contribution in [3.63, 3.8) is 0 Å². The summed E-state index contributed by atoms with van der Waals surface area (Å²) in [6.07, 6.45) is 6.63. The highest BCUT2D eigenvalue weighted by atomic mass is 15.1. The third-order valence-electron chi connectivity index (χ3n) is 4.33. The van der Waals surface area contributed by atoms with Crippen LogP contribution in [0.3, 0.4) is 0 Å². The van der Waals surface area contributed by atoms with E-state index in [9.17, 15) is 0 Å². The minimum atomic E-state index is 0.403. The molecule has 0 radical (unpaired) electrons. The number of rotatable bonds is 1. The lowest BCUT2D eigenvalue weighted by atomic mass is 9.91. The van der Waals surface area contributed by atoms with Gasteiger partial charge < -0.3 is 10.3 Å². The van der Waals surface area contributed by atoms with Crippen LogP contribution in [0.25, 0.3) is 11.0 Å². The quantitative estimate of drug-likeness (QED) is 0.836. The largest absolute Gasteiger partial charge is 0.328 e. The second-order valence-corrected chi connectivity index (χ2v) is 5.65. The molecular weight excluding hydrogens is 222 g/mol. The first-order valence-corrected chi connectivity index (χ1v) is 6.84. The highest BCUT2D eigenvalue weighted by Gasteiger charge is 2.21. The molecule has 0 aliphatic heterocycles. The highest BCUT2D eigenvalue weighted by molar-refractivity contribution is 5.77. The zero-order valence-electron chi connectivity index (χ0n) is 11.2. The van der Waals surface area contributed by atoms with Crippen molar-refractivity contribution in [3.05, 3.63) is 29.6 Å². The summed E-state index contributed by atoms with van der Waals surface area (Å²) < 4.78 is 2.35. The molecule has 1 aliphatic rings. The van der Waals surface area contributed by atoms with Gasteiger partial charge in [-0.1, -0.05) is 0 Å². The van der Waals surface area contributed by atoms with Crippen LogP contribution in [0, 0.1) is 13.8 Å². The van der Waals surface area contributed by atoms with Gasteiger partial charge in [-0.05, 0) is 62.8 Å². The summed E-state index contributed by atoms with van der Waals surface area (Å²) in [5.41, 5.74) is 11.0. The maximum atomic E-state index is 5.98. The molecule has 3 rings (SSSR count). The Morgan fingerprint density at radius 1 is 1.11 bits per heavy atom. The van der Waals surface area contributed by atoms with Gasteiger partial charge in [0.1, 0.15) is 0 Å². The Morgan fingerprint density at radius 2 is 1.78 bits per heavy atom. The molecule has 1 saturated carbocycles. The van der Waals surface area contributed by atoms with E-state index < -0.39 is 0 Å². The van der Waals surface area contributed by atoms with Crippen molar-refractivity contribution in [1.29, 1.82) is 0 Å². The van der Waals surface area contributed by atoms with E-state index in [1.807, 2.05) is 6.33 Å². The molecule has 1 heterocycles. The van der Waals surface area contributed by atoms with E-state index in [2.05, 4.69) is 35.5 Å². The molecule has 1 aromatic heterocycles. The number of hydrogen-bond acceptors (Lipinski definition) is 2. The van der Waals surface area contributed by atoms with Crippen molar-refractivity contribution in [2.24, 2.45) is 5.73 Å². The second kappa shape index (κ2) is 4.39. The van der Waals surface area contributed by atoms with Crippen molar-refractivity contribution in [2.45, 2.75) is 51.6 Å². The molecule has 96 valence electrons. The van der Waals surface area contributed by atoms with Gasteiger partial charge in [-0.3, -0.25) is 0 Å². The first-order chi connectivity index (χ1) is 8.65. The number of hydrogen-bond donors (Lipinski definition) is 1. The third kappa shape index (κ3) is 1.93. The molecule has 2 N–H and O–H groups in total. The van der Waals surface area contributed by atoms with E-state index >= 15 is 0 Å². The minimum absolute atomic E-state index is 0.403. The highest BCUT2D eigenvalue weighted by Crippen LogP contribution is 2.31. The number of aromatic nitrogens is 2. The molecule has 0 atom stereocenters. The maximum absolute atomic E-state index is 5.98. The smallest absolute Gasteiger partial charge is 0.0960 e. The molecule has 1 aromatic carbocycles. The fraction of sp³-hybridized carbons (Fsp3) is 0.533. The zero-order valence-corrected chi connectivity index (χ0v) is 11.2. The molecule has 18 heavy (non-hydrogen) atoms. The van der Waals surface area contributed by atoms with Crippen LogP contribution < -0.4 is 5.73 Å². The van der Waals surface area contributed by atoms with Gasteiger partial charge in [0, 0.05) is 12.1 Å². The number of nitrogens with zero attached hydrogens (tertiary/aromatic N) is 2. The Hall–Kier alpha value is -1.35. The van der Waals surface area contributed by atoms with Crippen LogP contribution in [0.4, 0.5) is 0 Å². The van der Waals surface area contributed by atoms with E-state index in [0.29, 0.717) is 12.1 Å². The Morgan fingerprint density at radius 3 is 2.50 bits per heavy atom. The van der Waals surface area contributed by atoms with Gasteiger partial charge >= 0.3 is 0 Å². The van der Waals surface area contributed by atoms with Crippen LogP contribution in [0.5, 0.6) is 0 Å². The van der Waals surface area contributed by atoms with Gasteiger partial charge in [-0.25, -0.2) is 4.98 Å². The third-order valence-corrected chi connectivity index (χ3v) is 4.33. The molecule has 3 nitrogen and oxygen atoms in total. The van der Waals surface area contributed by atoms with Crippen molar-refractivity contribution < 1.29 is 0 Å². The lowest BCUT2D eigenvalue weighted by Gasteiger charge is -2.27. The summed E-state index contributed by atoms with van der Waals surface area (Å²) in [6.45, 7) is 4.32. The minimum Gasteiger partial charge on any atom is -0.328 e. The first-order valence-electron chi connectivity index (χ1n) is 6.84. The summed E-state index contributed by atoms with van der Waals surface area (Å²) in [5, 5.41) is 0. The molecule has 0 bridgehead atoms. The maximum Gasteiger partial charge on any atom is 0.0960 e. The standard InChI is InChI=1S/C15H21N3/c1-10-7-14-15(8-11(10)2)18(9-17-14)13-5-3-12(16)4-6-13/h7-9,12-13H,3-6,16H2,1-2H3. The van der Waals surface area contributed by atoms with E-state index in [4.69, 9.17) is 5.73 Å². The van der Waals surface area contributed by atoms with Gasteiger partial charge in [0.05, 0.1) is 17.4 Å². The van der Waals surface area contributed by atoms with Gasteiger partial charge in [-0.2, -0.15) is 0 Å². The molecule has 0 unspecified atom stereocenters. The zero-order chi connectivity index (χ0) is 12.7. The molecule has 0 spiro atoms. The lowest BCUT2D eigenvalue weighted by molar-refractivity contribution is 0.329. The molecular formula is C15H21N3. The van der Waals surface area contributed by atoms with Crippen LogP contribution in [-0.2, 0) is 0 Å². The Balaban J connectivity index is 1.99. The average molecular weight is 243 g/mol. The predicted octanol–water partition coefficient (Wildman–Crippen LogP) is 3.10. The van der Waals surface area contributed by atoms with Crippen molar-refractivity contribution in [1.82, 2.24) is 9.55 Å². The monoisotopic (exact) mass is 243 g/mol. The molecule has 3 heteroatoms. The fourth-order valence-corrected chi connectivity index (χ4v) is 2.95.